The SMILES string of the molecule is CCN1CCCC(CNC(=NC)NCCCC(C)C)C1.I. The van der Waals surface area contributed by atoms with Gasteiger partial charge in [-0.1, -0.05) is 20.8 Å². The highest BCUT2D eigenvalue weighted by atomic mass is 127. The molecule has 0 radical (unpaired) electrons. The number of nitrogens with zero attached hydrogens (tertiary/aromatic N) is 2. The standard InChI is InChI=1S/C16H34N4.HI/c1-5-20-11-7-9-15(13-20)12-19-16(17-4)18-10-6-8-14(2)3;/h14-15H,5-13H2,1-4H3,(H2,17,18,19);1H. The second kappa shape index (κ2) is 12.5. The van der Waals surface area contributed by atoms with E-state index in [2.05, 4.69) is 41.3 Å². The first-order valence-corrected chi connectivity index (χ1v) is 8.32. The maximum absolute atomic E-state index is 4.31. The van der Waals surface area contributed by atoms with E-state index in [4.69, 9.17) is 0 Å². The van der Waals surface area contributed by atoms with E-state index in [1.807, 2.05) is 7.05 Å². The minimum atomic E-state index is 0. The maximum Gasteiger partial charge on any atom is 0.190 e. The van der Waals surface area contributed by atoms with E-state index in [0.29, 0.717) is 0 Å². The summed E-state index contributed by atoms with van der Waals surface area (Å²) in [6, 6.07) is 0. The van der Waals surface area contributed by atoms with Gasteiger partial charge < -0.3 is 15.5 Å². The van der Waals surface area contributed by atoms with Crippen LogP contribution in [0.5, 0.6) is 0 Å². The lowest BCUT2D eigenvalue weighted by atomic mass is 9.98. The molecule has 0 saturated carbocycles. The largest absolute Gasteiger partial charge is 0.356 e. The highest BCUT2D eigenvalue weighted by molar-refractivity contribution is 14.0. The number of piperidine rings is 1. The average molecular weight is 410 g/mol. The quantitative estimate of drug-likeness (QED) is 0.294. The lowest BCUT2D eigenvalue weighted by Crippen LogP contribution is -2.44. The van der Waals surface area contributed by atoms with Crippen LogP contribution in [0.3, 0.4) is 0 Å². The van der Waals surface area contributed by atoms with Crippen molar-refractivity contribution in [1.82, 2.24) is 15.5 Å². The van der Waals surface area contributed by atoms with Crippen molar-refractivity contribution < 1.29 is 0 Å². The van der Waals surface area contributed by atoms with Crippen molar-refractivity contribution in [1.29, 1.82) is 0 Å². The zero-order valence-electron chi connectivity index (χ0n) is 14.3. The molecule has 0 aliphatic carbocycles. The van der Waals surface area contributed by atoms with Crippen molar-refractivity contribution in [3.63, 3.8) is 0 Å². The Kier molecular flexibility index (Phi) is 12.5. The number of rotatable bonds is 7. The van der Waals surface area contributed by atoms with Crippen molar-refractivity contribution in [3.8, 4) is 0 Å². The summed E-state index contributed by atoms with van der Waals surface area (Å²) in [5, 5.41) is 6.90. The van der Waals surface area contributed by atoms with Crippen molar-refractivity contribution in [2.45, 2.75) is 46.5 Å². The Balaban J connectivity index is 0.00000400. The molecular formula is C16H35IN4. The van der Waals surface area contributed by atoms with Gasteiger partial charge in [-0.05, 0) is 50.6 Å². The van der Waals surface area contributed by atoms with Gasteiger partial charge in [0, 0.05) is 26.7 Å². The van der Waals surface area contributed by atoms with Crippen LogP contribution in [-0.2, 0) is 0 Å². The van der Waals surface area contributed by atoms with Crippen LogP contribution < -0.4 is 10.6 Å². The lowest BCUT2D eigenvalue weighted by molar-refractivity contribution is 0.183. The monoisotopic (exact) mass is 410 g/mol. The van der Waals surface area contributed by atoms with E-state index in [1.165, 1.54) is 45.3 Å². The Labute approximate surface area is 148 Å². The third kappa shape index (κ3) is 9.55. The third-order valence-electron chi connectivity index (χ3n) is 4.08. The number of nitrogens with one attached hydrogen (secondary N) is 2. The molecule has 1 aliphatic heterocycles. The molecule has 1 saturated heterocycles. The molecule has 4 nitrogen and oxygen atoms in total. The summed E-state index contributed by atoms with van der Waals surface area (Å²) in [5.41, 5.74) is 0. The summed E-state index contributed by atoms with van der Waals surface area (Å²) < 4.78 is 0. The van der Waals surface area contributed by atoms with Crippen molar-refractivity contribution in [3.05, 3.63) is 0 Å². The molecule has 0 bridgehead atoms. The summed E-state index contributed by atoms with van der Waals surface area (Å²) in [7, 11) is 1.86. The van der Waals surface area contributed by atoms with E-state index < -0.39 is 0 Å². The first kappa shape index (κ1) is 21.0. The lowest BCUT2D eigenvalue weighted by Gasteiger charge is -2.32. The van der Waals surface area contributed by atoms with Crippen LogP contribution in [0.15, 0.2) is 4.99 Å². The zero-order valence-corrected chi connectivity index (χ0v) is 16.7. The van der Waals surface area contributed by atoms with Gasteiger partial charge >= 0.3 is 0 Å². The summed E-state index contributed by atoms with van der Waals surface area (Å²) in [6.07, 6.45) is 5.16. The van der Waals surface area contributed by atoms with E-state index in [0.717, 1.165) is 30.9 Å². The van der Waals surface area contributed by atoms with Crippen LogP contribution in [-0.4, -0.2) is 50.6 Å². The minimum absolute atomic E-state index is 0. The molecule has 21 heavy (non-hydrogen) atoms. The Morgan fingerprint density at radius 2 is 2.10 bits per heavy atom. The maximum atomic E-state index is 4.31. The average Bonchev–Trinajstić information content (AvgIpc) is 2.46. The number of guanidine groups is 1. The number of hydrogen-bond acceptors (Lipinski definition) is 2. The molecule has 0 aromatic carbocycles. The molecule has 0 spiro atoms. The zero-order chi connectivity index (χ0) is 14.8. The van der Waals surface area contributed by atoms with Crippen molar-refractivity contribution >= 4 is 29.9 Å². The van der Waals surface area contributed by atoms with E-state index in [9.17, 15) is 0 Å². The summed E-state index contributed by atoms with van der Waals surface area (Å²) in [6.45, 7) is 12.5. The summed E-state index contributed by atoms with van der Waals surface area (Å²) in [5.74, 6) is 2.51. The fourth-order valence-corrected chi connectivity index (χ4v) is 2.78. The fraction of sp³-hybridized carbons (Fsp3) is 0.938. The number of likely N-dealkylation sites (tertiary alicyclic amines) is 1. The summed E-state index contributed by atoms with van der Waals surface area (Å²) >= 11 is 0. The van der Waals surface area contributed by atoms with Gasteiger partial charge in [-0.3, -0.25) is 4.99 Å². The van der Waals surface area contributed by atoms with Gasteiger partial charge in [-0.25, -0.2) is 0 Å². The molecule has 1 fully saturated rings. The van der Waals surface area contributed by atoms with Crippen molar-refractivity contribution in [2.75, 3.05) is 39.8 Å². The van der Waals surface area contributed by atoms with Gasteiger partial charge in [-0.2, -0.15) is 0 Å². The third-order valence-corrected chi connectivity index (χ3v) is 4.08. The molecule has 1 aliphatic rings. The Bertz CT molecular complexity index is 281. The topological polar surface area (TPSA) is 39.7 Å². The molecule has 1 rings (SSSR count). The van der Waals surface area contributed by atoms with Crippen molar-refractivity contribution in [2.24, 2.45) is 16.8 Å². The highest BCUT2D eigenvalue weighted by Crippen LogP contribution is 2.15. The van der Waals surface area contributed by atoms with E-state index >= 15 is 0 Å². The van der Waals surface area contributed by atoms with Crippen LogP contribution in [0.4, 0.5) is 0 Å². The van der Waals surface area contributed by atoms with Crippen LogP contribution >= 0.6 is 24.0 Å². The molecule has 1 atom stereocenters. The second-order valence-corrected chi connectivity index (χ2v) is 6.32. The van der Waals surface area contributed by atoms with E-state index in [1.54, 1.807) is 0 Å². The first-order valence-electron chi connectivity index (χ1n) is 8.32. The molecule has 0 aromatic heterocycles. The molecule has 126 valence electrons. The number of aliphatic imine (C=N–C) groups is 1. The molecule has 5 heteroatoms. The minimum Gasteiger partial charge on any atom is -0.356 e. The highest BCUT2D eigenvalue weighted by Gasteiger charge is 2.18. The molecule has 2 N–H and O–H groups in total. The second-order valence-electron chi connectivity index (χ2n) is 6.32. The molecule has 0 aromatic rings. The van der Waals surface area contributed by atoms with Gasteiger partial charge in [0.25, 0.3) is 0 Å². The first-order chi connectivity index (χ1) is 9.65. The Morgan fingerprint density at radius 1 is 1.33 bits per heavy atom. The van der Waals surface area contributed by atoms with Gasteiger partial charge in [-0.15, -0.1) is 24.0 Å². The van der Waals surface area contributed by atoms with Gasteiger partial charge in [0.2, 0.25) is 0 Å². The predicted octanol–water partition coefficient (Wildman–Crippen LogP) is 2.94. The molecule has 0 amide bonds. The number of hydrogen-bond donors (Lipinski definition) is 2. The van der Waals surface area contributed by atoms with Gasteiger partial charge in [0.05, 0.1) is 0 Å². The van der Waals surface area contributed by atoms with Gasteiger partial charge in [0.15, 0.2) is 5.96 Å². The Morgan fingerprint density at radius 3 is 2.71 bits per heavy atom. The molecule has 1 unspecified atom stereocenters. The van der Waals surface area contributed by atoms with Gasteiger partial charge in [0.1, 0.15) is 0 Å². The smallest absolute Gasteiger partial charge is 0.190 e. The van der Waals surface area contributed by atoms with E-state index in [-0.39, 0.29) is 24.0 Å². The summed E-state index contributed by atoms with van der Waals surface area (Å²) in [4.78, 5) is 6.86. The molecular weight excluding hydrogens is 375 g/mol. The molecule has 1 heterocycles. The van der Waals surface area contributed by atoms with Crippen LogP contribution in [0.1, 0.15) is 46.5 Å². The Hall–Kier alpha value is -0.0400. The predicted molar refractivity (Wildman–Crippen MR) is 104 cm³/mol. The fourth-order valence-electron chi connectivity index (χ4n) is 2.78. The van der Waals surface area contributed by atoms with Crippen LogP contribution in [0.2, 0.25) is 0 Å². The normalized spacial score (nSPS) is 20.2. The van der Waals surface area contributed by atoms with Crippen LogP contribution in [0, 0.1) is 11.8 Å². The van der Waals surface area contributed by atoms with Crippen LogP contribution in [0.25, 0.3) is 0 Å². The number of halogens is 1.